The minimum Gasteiger partial charge on any atom is -0.384 e. The lowest BCUT2D eigenvalue weighted by Crippen LogP contribution is -2.29. The van der Waals surface area contributed by atoms with Gasteiger partial charge < -0.3 is 19.9 Å². The summed E-state index contributed by atoms with van der Waals surface area (Å²) in [7, 11) is 0. The van der Waals surface area contributed by atoms with Gasteiger partial charge in [-0.2, -0.15) is 0 Å². The van der Waals surface area contributed by atoms with Crippen molar-refractivity contribution in [1.82, 2.24) is 4.98 Å². The summed E-state index contributed by atoms with van der Waals surface area (Å²) in [5.41, 5.74) is 2.80. The third-order valence-electron chi connectivity index (χ3n) is 5.02. The summed E-state index contributed by atoms with van der Waals surface area (Å²) >= 11 is 12.2. The first-order valence-corrected chi connectivity index (χ1v) is 10.5. The molecule has 156 valence electrons. The minimum absolute atomic E-state index is 0.448. The van der Waals surface area contributed by atoms with E-state index in [1.165, 1.54) is 0 Å². The molecule has 7 heteroatoms. The fourth-order valence-corrected chi connectivity index (χ4v) is 3.95. The van der Waals surface area contributed by atoms with Crippen LogP contribution < -0.4 is 5.32 Å². The van der Waals surface area contributed by atoms with Crippen LogP contribution in [0.25, 0.3) is 0 Å². The molecule has 5 nitrogen and oxygen atoms in total. The summed E-state index contributed by atoms with van der Waals surface area (Å²) in [5, 5.41) is 15.5. The van der Waals surface area contributed by atoms with Crippen LogP contribution in [0.1, 0.15) is 35.3 Å². The van der Waals surface area contributed by atoms with Gasteiger partial charge in [-0.1, -0.05) is 47.5 Å². The van der Waals surface area contributed by atoms with Crippen LogP contribution in [0.3, 0.4) is 0 Å². The van der Waals surface area contributed by atoms with Gasteiger partial charge in [0.05, 0.1) is 13.2 Å². The predicted octanol–water partition coefficient (Wildman–Crippen LogP) is 5.15. The normalized spacial score (nSPS) is 16.4. The standard InChI is InChI=1S/C23H22Cl2N2O3/c1-2-26-22-20(21(28)15-4-3-5-19(25)12-15)13-17(14-27-22)23(29-10-11-30-23)16-6-8-18(24)9-7-16/h3-9,12-14,21,28H,2,10-11H2,1H3,(H,26,27). The minimum atomic E-state index is -1.11. The molecule has 2 N–H and O–H groups in total. The molecule has 1 aliphatic rings. The van der Waals surface area contributed by atoms with Gasteiger partial charge in [0.25, 0.3) is 0 Å². The van der Waals surface area contributed by atoms with E-state index in [0.29, 0.717) is 52.3 Å². The van der Waals surface area contributed by atoms with Crippen molar-refractivity contribution in [3.63, 3.8) is 0 Å². The first-order chi connectivity index (χ1) is 14.5. The zero-order chi connectivity index (χ0) is 21.1. The van der Waals surface area contributed by atoms with Crippen LogP contribution in [0.4, 0.5) is 5.82 Å². The Balaban J connectivity index is 1.82. The number of hydrogen-bond acceptors (Lipinski definition) is 5. The maximum Gasteiger partial charge on any atom is 0.224 e. The Labute approximate surface area is 185 Å². The Morgan fingerprint density at radius 2 is 1.77 bits per heavy atom. The Kier molecular flexibility index (Phi) is 6.27. The van der Waals surface area contributed by atoms with Crippen molar-refractivity contribution < 1.29 is 14.6 Å². The highest BCUT2D eigenvalue weighted by molar-refractivity contribution is 6.30. The van der Waals surface area contributed by atoms with Gasteiger partial charge in [0, 0.05) is 39.5 Å². The molecule has 2 aromatic carbocycles. The SMILES string of the molecule is CCNc1ncc(C2(c3ccc(Cl)cc3)OCCO2)cc1C(O)c1cccc(Cl)c1. The molecule has 1 fully saturated rings. The lowest BCUT2D eigenvalue weighted by molar-refractivity contribution is -0.130. The third-order valence-corrected chi connectivity index (χ3v) is 5.51. The van der Waals surface area contributed by atoms with Crippen LogP contribution in [0.15, 0.2) is 60.8 Å². The lowest BCUT2D eigenvalue weighted by Gasteiger charge is -2.29. The highest BCUT2D eigenvalue weighted by Gasteiger charge is 2.41. The topological polar surface area (TPSA) is 63.6 Å². The monoisotopic (exact) mass is 444 g/mol. The van der Waals surface area contributed by atoms with Crippen molar-refractivity contribution in [2.75, 3.05) is 25.1 Å². The maximum absolute atomic E-state index is 11.1. The summed E-state index contributed by atoms with van der Waals surface area (Å²) in [6, 6.07) is 16.4. The summed E-state index contributed by atoms with van der Waals surface area (Å²) in [6.07, 6.45) is 0.792. The van der Waals surface area contributed by atoms with Crippen molar-refractivity contribution in [3.05, 3.63) is 93.1 Å². The zero-order valence-corrected chi connectivity index (χ0v) is 18.0. The second-order valence-corrected chi connectivity index (χ2v) is 7.84. The fourth-order valence-electron chi connectivity index (χ4n) is 3.62. The Morgan fingerprint density at radius 3 is 2.43 bits per heavy atom. The highest BCUT2D eigenvalue weighted by Crippen LogP contribution is 2.41. The Hall–Kier alpha value is -2.15. The van der Waals surface area contributed by atoms with E-state index in [-0.39, 0.29) is 0 Å². The van der Waals surface area contributed by atoms with Crippen LogP contribution in [0.5, 0.6) is 0 Å². The molecule has 1 aliphatic heterocycles. The number of aliphatic hydroxyl groups is 1. The summed E-state index contributed by atoms with van der Waals surface area (Å²) in [6.45, 7) is 3.54. The third kappa shape index (κ3) is 4.04. The van der Waals surface area contributed by atoms with E-state index in [1.54, 1.807) is 30.5 Å². The molecule has 0 amide bonds. The van der Waals surface area contributed by atoms with E-state index in [9.17, 15) is 5.11 Å². The summed E-state index contributed by atoms with van der Waals surface area (Å²) < 4.78 is 12.2. The first-order valence-electron chi connectivity index (χ1n) is 9.75. The van der Waals surface area contributed by atoms with Crippen LogP contribution in [-0.2, 0) is 15.3 Å². The number of hydrogen-bond donors (Lipinski definition) is 2. The number of aliphatic hydroxyl groups excluding tert-OH is 1. The summed E-state index contributed by atoms with van der Waals surface area (Å²) in [5.74, 6) is -0.511. The molecule has 3 aromatic rings. The van der Waals surface area contributed by atoms with Crippen LogP contribution in [-0.4, -0.2) is 29.8 Å². The molecule has 2 heterocycles. The molecule has 0 bridgehead atoms. The molecule has 1 aromatic heterocycles. The second-order valence-electron chi connectivity index (χ2n) is 6.97. The molecule has 4 rings (SSSR count). The maximum atomic E-state index is 11.1. The van der Waals surface area contributed by atoms with Gasteiger partial charge in [-0.05, 0) is 42.8 Å². The lowest BCUT2D eigenvalue weighted by atomic mass is 9.94. The molecule has 30 heavy (non-hydrogen) atoms. The molecule has 1 saturated heterocycles. The first kappa shape index (κ1) is 21.1. The van der Waals surface area contributed by atoms with Gasteiger partial charge in [-0.3, -0.25) is 0 Å². The van der Waals surface area contributed by atoms with Crippen LogP contribution >= 0.6 is 23.2 Å². The smallest absolute Gasteiger partial charge is 0.224 e. The van der Waals surface area contributed by atoms with Gasteiger partial charge in [0.2, 0.25) is 5.79 Å². The molecule has 1 unspecified atom stereocenters. The number of halogens is 2. The van der Waals surface area contributed by atoms with Crippen molar-refractivity contribution in [2.24, 2.45) is 0 Å². The zero-order valence-electron chi connectivity index (χ0n) is 16.4. The number of pyridine rings is 1. The Morgan fingerprint density at radius 1 is 1.03 bits per heavy atom. The number of rotatable bonds is 6. The largest absolute Gasteiger partial charge is 0.384 e. The van der Waals surface area contributed by atoms with E-state index in [4.69, 9.17) is 32.7 Å². The van der Waals surface area contributed by atoms with Gasteiger partial charge in [0.15, 0.2) is 0 Å². The van der Waals surface area contributed by atoms with Gasteiger partial charge in [-0.25, -0.2) is 4.98 Å². The second kappa shape index (κ2) is 8.92. The van der Waals surface area contributed by atoms with E-state index < -0.39 is 11.9 Å². The van der Waals surface area contributed by atoms with Gasteiger partial charge >= 0.3 is 0 Å². The summed E-state index contributed by atoms with van der Waals surface area (Å²) in [4.78, 5) is 4.58. The molecule has 0 radical (unpaired) electrons. The van der Waals surface area contributed by atoms with Crippen molar-refractivity contribution >= 4 is 29.0 Å². The number of nitrogens with one attached hydrogen (secondary N) is 1. The number of nitrogens with zero attached hydrogens (tertiary/aromatic N) is 1. The predicted molar refractivity (Wildman–Crippen MR) is 118 cm³/mol. The Bertz CT molecular complexity index is 1020. The highest BCUT2D eigenvalue weighted by atomic mass is 35.5. The molecule has 0 aliphatic carbocycles. The van der Waals surface area contributed by atoms with Crippen molar-refractivity contribution in [1.29, 1.82) is 0 Å². The van der Waals surface area contributed by atoms with Gasteiger partial charge in [-0.15, -0.1) is 0 Å². The molecule has 0 saturated carbocycles. The molecular weight excluding hydrogens is 423 g/mol. The number of ether oxygens (including phenoxy) is 2. The van der Waals surface area contributed by atoms with Crippen molar-refractivity contribution in [3.8, 4) is 0 Å². The van der Waals surface area contributed by atoms with E-state index in [0.717, 1.165) is 5.56 Å². The van der Waals surface area contributed by atoms with Gasteiger partial charge in [0.1, 0.15) is 11.9 Å². The van der Waals surface area contributed by atoms with E-state index in [1.807, 2.05) is 37.3 Å². The molecular formula is C23H22Cl2N2O3. The fraction of sp³-hybridized carbons (Fsp3) is 0.261. The van der Waals surface area contributed by atoms with Crippen LogP contribution in [0.2, 0.25) is 10.0 Å². The average molecular weight is 445 g/mol. The quantitative estimate of drug-likeness (QED) is 0.550. The number of anilines is 1. The number of aromatic nitrogens is 1. The average Bonchev–Trinajstić information content (AvgIpc) is 3.25. The molecule has 1 atom stereocenters. The van der Waals surface area contributed by atoms with E-state index in [2.05, 4.69) is 10.3 Å². The van der Waals surface area contributed by atoms with E-state index >= 15 is 0 Å². The number of benzene rings is 2. The van der Waals surface area contributed by atoms with Crippen LogP contribution in [0, 0.1) is 0 Å². The molecule has 0 spiro atoms. The van der Waals surface area contributed by atoms with Crippen molar-refractivity contribution in [2.45, 2.75) is 18.8 Å².